The fourth-order valence-electron chi connectivity index (χ4n) is 2.07. The van der Waals surface area contributed by atoms with Gasteiger partial charge in [-0.15, -0.1) is 10.2 Å². The molecule has 0 saturated heterocycles. The van der Waals surface area contributed by atoms with E-state index in [2.05, 4.69) is 26.1 Å². The number of aryl methyl sites for hydroxylation is 1. The number of halogens is 2. The standard InChI is InChI=1S/C14H9BrClN3O2/c1-7-3-2-4-9(11(7)15)12-17-18-13-10(16)5-8(14(20)21)6-19(12)13/h2-6H,1H3,(H,20,21). The van der Waals surface area contributed by atoms with Gasteiger partial charge in [0.1, 0.15) is 0 Å². The lowest BCUT2D eigenvalue weighted by Crippen LogP contribution is -2.00. The summed E-state index contributed by atoms with van der Waals surface area (Å²) in [7, 11) is 0. The van der Waals surface area contributed by atoms with Gasteiger partial charge in [-0.3, -0.25) is 4.40 Å². The van der Waals surface area contributed by atoms with Crippen LogP contribution in [0.5, 0.6) is 0 Å². The Labute approximate surface area is 133 Å². The maximum Gasteiger partial charge on any atom is 0.337 e. The first kappa shape index (κ1) is 14.0. The van der Waals surface area contributed by atoms with Gasteiger partial charge in [-0.1, -0.05) is 29.8 Å². The Morgan fingerprint density at radius 2 is 2.14 bits per heavy atom. The van der Waals surface area contributed by atoms with Crippen LogP contribution in [0.3, 0.4) is 0 Å². The summed E-state index contributed by atoms with van der Waals surface area (Å²) < 4.78 is 2.47. The van der Waals surface area contributed by atoms with Gasteiger partial charge in [-0.25, -0.2) is 4.79 Å². The third kappa shape index (κ3) is 2.30. The van der Waals surface area contributed by atoms with Crippen LogP contribution in [0.4, 0.5) is 0 Å². The Morgan fingerprint density at radius 1 is 1.38 bits per heavy atom. The number of rotatable bonds is 2. The van der Waals surface area contributed by atoms with E-state index >= 15 is 0 Å². The molecular weight excluding hydrogens is 358 g/mol. The van der Waals surface area contributed by atoms with Gasteiger partial charge in [0.15, 0.2) is 11.5 Å². The molecule has 1 N–H and O–H groups in total. The molecule has 0 radical (unpaired) electrons. The highest BCUT2D eigenvalue weighted by molar-refractivity contribution is 9.10. The first-order valence-corrected chi connectivity index (χ1v) is 7.19. The van der Waals surface area contributed by atoms with Crippen molar-refractivity contribution in [1.82, 2.24) is 14.6 Å². The number of carboxylic acid groups (broad SMARTS) is 1. The number of aromatic carboxylic acids is 1. The Bertz CT molecular complexity index is 876. The van der Waals surface area contributed by atoms with Gasteiger partial charge in [0.05, 0.1) is 10.6 Å². The molecule has 0 fully saturated rings. The van der Waals surface area contributed by atoms with E-state index in [4.69, 9.17) is 16.7 Å². The summed E-state index contributed by atoms with van der Waals surface area (Å²) >= 11 is 9.60. The molecule has 0 atom stereocenters. The lowest BCUT2D eigenvalue weighted by atomic mass is 10.1. The van der Waals surface area contributed by atoms with Gasteiger partial charge in [-0.05, 0) is 34.5 Å². The Kier molecular flexibility index (Phi) is 3.43. The van der Waals surface area contributed by atoms with Crippen molar-refractivity contribution >= 4 is 39.1 Å². The van der Waals surface area contributed by atoms with Crippen LogP contribution in [-0.2, 0) is 0 Å². The van der Waals surface area contributed by atoms with E-state index in [1.807, 2.05) is 25.1 Å². The van der Waals surface area contributed by atoms with Gasteiger partial charge in [0, 0.05) is 16.2 Å². The predicted molar refractivity (Wildman–Crippen MR) is 82.8 cm³/mol. The molecule has 0 aliphatic carbocycles. The molecular formula is C14H9BrClN3O2. The molecule has 2 heterocycles. The molecule has 5 nitrogen and oxygen atoms in total. The molecule has 7 heteroatoms. The maximum atomic E-state index is 11.2. The lowest BCUT2D eigenvalue weighted by Gasteiger charge is -2.06. The summed E-state index contributed by atoms with van der Waals surface area (Å²) in [4.78, 5) is 11.2. The van der Waals surface area contributed by atoms with Crippen molar-refractivity contribution in [3.8, 4) is 11.4 Å². The van der Waals surface area contributed by atoms with Crippen molar-refractivity contribution < 1.29 is 9.90 Å². The van der Waals surface area contributed by atoms with Crippen LogP contribution in [0.25, 0.3) is 17.0 Å². The Morgan fingerprint density at radius 3 is 2.86 bits per heavy atom. The van der Waals surface area contributed by atoms with Crippen LogP contribution >= 0.6 is 27.5 Å². The van der Waals surface area contributed by atoms with E-state index < -0.39 is 5.97 Å². The number of aromatic nitrogens is 3. The monoisotopic (exact) mass is 365 g/mol. The number of nitrogens with zero attached hydrogens (tertiary/aromatic N) is 3. The molecule has 3 rings (SSSR count). The zero-order valence-corrected chi connectivity index (χ0v) is 13.2. The van der Waals surface area contributed by atoms with Crippen LogP contribution in [0.1, 0.15) is 15.9 Å². The largest absolute Gasteiger partial charge is 0.478 e. The number of carbonyl (C=O) groups is 1. The quantitative estimate of drug-likeness (QED) is 0.748. The van der Waals surface area contributed by atoms with Crippen molar-refractivity contribution in [3.05, 3.63) is 51.1 Å². The van der Waals surface area contributed by atoms with E-state index in [0.29, 0.717) is 11.5 Å². The smallest absolute Gasteiger partial charge is 0.337 e. The molecule has 0 aliphatic heterocycles. The van der Waals surface area contributed by atoms with Crippen LogP contribution < -0.4 is 0 Å². The Balaban J connectivity index is 2.33. The molecule has 2 aromatic heterocycles. The predicted octanol–water partition coefficient (Wildman–Crippen LogP) is 3.82. The zero-order valence-electron chi connectivity index (χ0n) is 10.8. The van der Waals surface area contributed by atoms with E-state index in [1.54, 1.807) is 4.40 Å². The second kappa shape index (κ2) is 5.13. The van der Waals surface area contributed by atoms with Crippen molar-refractivity contribution in [1.29, 1.82) is 0 Å². The first-order chi connectivity index (χ1) is 9.99. The molecule has 0 spiro atoms. The number of pyridine rings is 1. The first-order valence-electron chi connectivity index (χ1n) is 6.02. The van der Waals surface area contributed by atoms with Crippen molar-refractivity contribution in [2.45, 2.75) is 6.92 Å². The number of benzene rings is 1. The molecule has 106 valence electrons. The van der Waals surface area contributed by atoms with Crippen LogP contribution in [0.2, 0.25) is 5.02 Å². The highest BCUT2D eigenvalue weighted by Crippen LogP contribution is 2.31. The fraction of sp³-hybridized carbons (Fsp3) is 0.0714. The number of fused-ring (bicyclic) bond motifs is 1. The average Bonchev–Trinajstić information content (AvgIpc) is 2.86. The molecule has 1 aromatic carbocycles. The average molecular weight is 367 g/mol. The molecule has 0 aliphatic rings. The lowest BCUT2D eigenvalue weighted by molar-refractivity contribution is 0.0696. The molecule has 3 aromatic rings. The number of hydrogen-bond donors (Lipinski definition) is 1. The van der Waals surface area contributed by atoms with Crippen LogP contribution in [0.15, 0.2) is 34.9 Å². The van der Waals surface area contributed by atoms with Crippen molar-refractivity contribution in [2.75, 3.05) is 0 Å². The van der Waals surface area contributed by atoms with E-state index in [-0.39, 0.29) is 10.6 Å². The van der Waals surface area contributed by atoms with E-state index in [0.717, 1.165) is 15.6 Å². The van der Waals surface area contributed by atoms with E-state index in [9.17, 15) is 4.79 Å². The van der Waals surface area contributed by atoms with Gasteiger partial charge >= 0.3 is 5.97 Å². The second-order valence-corrected chi connectivity index (χ2v) is 5.74. The third-order valence-corrected chi connectivity index (χ3v) is 4.47. The summed E-state index contributed by atoms with van der Waals surface area (Å²) in [5, 5.41) is 17.6. The highest BCUT2D eigenvalue weighted by atomic mass is 79.9. The number of carboxylic acids is 1. The summed E-state index contributed by atoms with van der Waals surface area (Å²) in [6, 6.07) is 7.11. The summed E-state index contributed by atoms with van der Waals surface area (Å²) in [6.45, 7) is 1.96. The Hall–Kier alpha value is -1.92. The molecule has 0 unspecified atom stereocenters. The summed E-state index contributed by atoms with van der Waals surface area (Å²) in [5.74, 6) is -0.521. The topological polar surface area (TPSA) is 67.5 Å². The third-order valence-electron chi connectivity index (χ3n) is 3.14. The zero-order chi connectivity index (χ0) is 15.1. The van der Waals surface area contributed by atoms with Crippen LogP contribution in [0, 0.1) is 6.92 Å². The van der Waals surface area contributed by atoms with Crippen molar-refractivity contribution in [3.63, 3.8) is 0 Å². The van der Waals surface area contributed by atoms with E-state index in [1.165, 1.54) is 12.3 Å². The maximum absolute atomic E-state index is 11.2. The van der Waals surface area contributed by atoms with Gasteiger partial charge in [-0.2, -0.15) is 0 Å². The SMILES string of the molecule is Cc1cccc(-c2nnc3c(Cl)cc(C(=O)O)cn23)c1Br. The van der Waals surface area contributed by atoms with Crippen LogP contribution in [-0.4, -0.2) is 25.7 Å². The normalized spacial score (nSPS) is 11.0. The minimum Gasteiger partial charge on any atom is -0.478 e. The van der Waals surface area contributed by atoms with Crippen molar-refractivity contribution in [2.24, 2.45) is 0 Å². The van der Waals surface area contributed by atoms with Gasteiger partial charge in [0.2, 0.25) is 0 Å². The number of hydrogen-bond acceptors (Lipinski definition) is 3. The molecule has 21 heavy (non-hydrogen) atoms. The van der Waals surface area contributed by atoms with Gasteiger partial charge < -0.3 is 5.11 Å². The minimum atomic E-state index is -1.05. The highest BCUT2D eigenvalue weighted by Gasteiger charge is 2.16. The fourth-order valence-corrected chi connectivity index (χ4v) is 2.76. The minimum absolute atomic E-state index is 0.0809. The summed E-state index contributed by atoms with van der Waals surface area (Å²) in [6.07, 6.45) is 1.47. The van der Waals surface area contributed by atoms with Gasteiger partial charge in [0.25, 0.3) is 0 Å². The summed E-state index contributed by atoms with van der Waals surface area (Å²) in [5.41, 5.74) is 2.37. The molecule has 0 amide bonds. The second-order valence-electron chi connectivity index (χ2n) is 4.54. The molecule has 0 saturated carbocycles. The molecule has 0 bridgehead atoms.